The third-order valence-electron chi connectivity index (χ3n) is 1.30. The summed E-state index contributed by atoms with van der Waals surface area (Å²) in [6.07, 6.45) is 0. The number of hydrogen-bond donors (Lipinski definition) is 1. The number of nitrogens with two attached hydrogens (primary N) is 1. The number of nitrogens with zero attached hydrogens (tertiary/aromatic N) is 3. The lowest BCUT2D eigenvalue weighted by atomic mass is 10.2. The van der Waals surface area contributed by atoms with Crippen molar-refractivity contribution in [3.05, 3.63) is 40.3 Å². The first kappa shape index (κ1) is 7.44. The molecule has 0 atom stereocenters. The molecule has 0 bridgehead atoms. The van der Waals surface area contributed by atoms with Gasteiger partial charge in [-0.3, -0.25) is 0 Å². The van der Waals surface area contributed by atoms with E-state index >= 15 is 0 Å². The van der Waals surface area contributed by atoms with E-state index in [9.17, 15) is 0 Å². The van der Waals surface area contributed by atoms with Gasteiger partial charge >= 0.3 is 0 Å². The van der Waals surface area contributed by atoms with Crippen LogP contribution in [0.15, 0.2) is 29.4 Å². The van der Waals surface area contributed by atoms with E-state index in [-0.39, 0.29) is 0 Å². The molecule has 0 heterocycles. The predicted molar refractivity (Wildman–Crippen MR) is 43.7 cm³/mol. The molecule has 0 saturated heterocycles. The Morgan fingerprint density at radius 3 is 2.55 bits per heavy atom. The maximum atomic E-state index is 8.02. The Morgan fingerprint density at radius 1 is 1.36 bits per heavy atom. The smallest absolute Gasteiger partial charge is 0.0510 e. The molecule has 0 aliphatic rings. The van der Waals surface area contributed by atoms with E-state index in [1.54, 1.807) is 12.1 Å². The lowest BCUT2D eigenvalue weighted by molar-refractivity contribution is 1.05. The van der Waals surface area contributed by atoms with Crippen LogP contribution >= 0.6 is 0 Å². The minimum absolute atomic E-state index is 0.386. The Morgan fingerprint density at radius 2 is 2.00 bits per heavy atom. The SMILES string of the molecule is [N-]=[N+]=NCc1ccc(N)cc1. The van der Waals surface area contributed by atoms with Gasteiger partial charge in [0.05, 0.1) is 6.54 Å². The van der Waals surface area contributed by atoms with Gasteiger partial charge in [0, 0.05) is 10.6 Å². The second-order valence-corrected chi connectivity index (χ2v) is 2.13. The summed E-state index contributed by atoms with van der Waals surface area (Å²) in [5, 5.41) is 3.41. The van der Waals surface area contributed by atoms with E-state index < -0.39 is 0 Å². The molecule has 1 aromatic rings. The van der Waals surface area contributed by atoms with Gasteiger partial charge in [0.25, 0.3) is 0 Å². The molecule has 1 aromatic carbocycles. The highest BCUT2D eigenvalue weighted by atomic mass is 15.1. The molecule has 0 aliphatic heterocycles. The van der Waals surface area contributed by atoms with Crippen LogP contribution in [0.4, 0.5) is 5.69 Å². The van der Waals surface area contributed by atoms with Crippen molar-refractivity contribution < 1.29 is 0 Å². The molecule has 2 N–H and O–H groups in total. The van der Waals surface area contributed by atoms with Gasteiger partial charge in [0.2, 0.25) is 0 Å². The van der Waals surface area contributed by atoms with Crippen LogP contribution in [0.2, 0.25) is 0 Å². The molecule has 0 unspecified atom stereocenters. The monoisotopic (exact) mass is 148 g/mol. The summed E-state index contributed by atoms with van der Waals surface area (Å²) in [7, 11) is 0. The Bertz CT molecular complexity index is 271. The van der Waals surface area contributed by atoms with Crippen LogP contribution < -0.4 is 5.73 Å². The maximum Gasteiger partial charge on any atom is 0.0510 e. The Kier molecular flexibility index (Phi) is 2.36. The molecule has 0 spiro atoms. The number of anilines is 1. The molecule has 0 amide bonds. The molecular weight excluding hydrogens is 140 g/mol. The quantitative estimate of drug-likeness (QED) is 0.296. The maximum absolute atomic E-state index is 8.02. The second-order valence-electron chi connectivity index (χ2n) is 2.13. The lowest BCUT2D eigenvalue weighted by Crippen LogP contribution is -1.84. The van der Waals surface area contributed by atoms with Crippen molar-refractivity contribution in [2.75, 3.05) is 5.73 Å². The molecule has 0 radical (unpaired) electrons. The number of hydrogen-bond acceptors (Lipinski definition) is 2. The normalized spacial score (nSPS) is 8.73. The van der Waals surface area contributed by atoms with E-state index in [4.69, 9.17) is 11.3 Å². The molecule has 0 aromatic heterocycles. The van der Waals surface area contributed by atoms with E-state index in [0.717, 1.165) is 11.3 Å². The fraction of sp³-hybridized carbons (Fsp3) is 0.143. The molecule has 11 heavy (non-hydrogen) atoms. The van der Waals surface area contributed by atoms with Crippen molar-refractivity contribution >= 4 is 5.69 Å². The first-order chi connectivity index (χ1) is 5.33. The lowest BCUT2D eigenvalue weighted by Gasteiger charge is -1.94. The van der Waals surface area contributed by atoms with Gasteiger partial charge < -0.3 is 5.73 Å². The van der Waals surface area contributed by atoms with Gasteiger partial charge in [0.15, 0.2) is 0 Å². The van der Waals surface area contributed by atoms with Crippen LogP contribution in [0, 0.1) is 0 Å². The van der Waals surface area contributed by atoms with Gasteiger partial charge in [-0.1, -0.05) is 17.2 Å². The van der Waals surface area contributed by atoms with Crippen molar-refractivity contribution in [1.29, 1.82) is 0 Å². The van der Waals surface area contributed by atoms with E-state index in [1.165, 1.54) is 0 Å². The topological polar surface area (TPSA) is 74.8 Å². The summed E-state index contributed by atoms with van der Waals surface area (Å²) in [6.45, 7) is 0.386. The van der Waals surface area contributed by atoms with Gasteiger partial charge in [-0.15, -0.1) is 0 Å². The van der Waals surface area contributed by atoms with Crippen LogP contribution in [0.3, 0.4) is 0 Å². The average molecular weight is 148 g/mol. The minimum atomic E-state index is 0.386. The first-order valence-corrected chi connectivity index (χ1v) is 3.18. The molecule has 0 saturated carbocycles. The van der Waals surface area contributed by atoms with Gasteiger partial charge in [-0.2, -0.15) is 0 Å². The Balaban J connectivity index is 2.73. The standard InChI is InChI=1S/C7H8N4/c8-7-3-1-6(2-4-7)5-10-11-9/h1-4H,5,8H2. The van der Waals surface area contributed by atoms with E-state index in [0.29, 0.717) is 6.54 Å². The summed E-state index contributed by atoms with van der Waals surface area (Å²) < 4.78 is 0. The van der Waals surface area contributed by atoms with Crippen molar-refractivity contribution in [3.63, 3.8) is 0 Å². The number of benzene rings is 1. The predicted octanol–water partition coefficient (Wildman–Crippen LogP) is 2.08. The molecular formula is C7H8N4. The first-order valence-electron chi connectivity index (χ1n) is 3.18. The summed E-state index contributed by atoms with van der Waals surface area (Å²) in [4.78, 5) is 2.65. The molecule has 4 heteroatoms. The zero-order valence-corrected chi connectivity index (χ0v) is 5.94. The third-order valence-corrected chi connectivity index (χ3v) is 1.30. The summed E-state index contributed by atoms with van der Waals surface area (Å²) >= 11 is 0. The minimum Gasteiger partial charge on any atom is -0.399 e. The van der Waals surface area contributed by atoms with Crippen LogP contribution in [0.5, 0.6) is 0 Å². The fourth-order valence-electron chi connectivity index (χ4n) is 0.736. The summed E-state index contributed by atoms with van der Waals surface area (Å²) in [6, 6.07) is 7.23. The highest BCUT2D eigenvalue weighted by molar-refractivity contribution is 5.39. The Labute approximate surface area is 64.3 Å². The van der Waals surface area contributed by atoms with Gasteiger partial charge in [0.1, 0.15) is 0 Å². The number of rotatable bonds is 2. The van der Waals surface area contributed by atoms with E-state index in [2.05, 4.69) is 10.0 Å². The van der Waals surface area contributed by atoms with Crippen LogP contribution in [-0.4, -0.2) is 0 Å². The molecule has 0 fully saturated rings. The van der Waals surface area contributed by atoms with E-state index in [1.807, 2.05) is 12.1 Å². The largest absolute Gasteiger partial charge is 0.399 e. The van der Waals surface area contributed by atoms with Gasteiger partial charge in [-0.05, 0) is 23.2 Å². The van der Waals surface area contributed by atoms with Crippen molar-refractivity contribution in [1.82, 2.24) is 0 Å². The van der Waals surface area contributed by atoms with Gasteiger partial charge in [-0.25, -0.2) is 0 Å². The molecule has 0 aliphatic carbocycles. The Hall–Kier alpha value is -1.67. The average Bonchev–Trinajstić information content (AvgIpc) is 2.04. The summed E-state index contributed by atoms with van der Waals surface area (Å²) in [5.74, 6) is 0. The van der Waals surface area contributed by atoms with Crippen LogP contribution in [0.1, 0.15) is 5.56 Å². The summed E-state index contributed by atoms with van der Waals surface area (Å²) in [5.41, 5.74) is 15.2. The highest BCUT2D eigenvalue weighted by Gasteiger charge is 1.88. The molecule has 1 rings (SSSR count). The highest BCUT2D eigenvalue weighted by Crippen LogP contribution is 2.05. The number of nitrogen functional groups attached to an aromatic ring is 1. The molecule has 4 nitrogen and oxygen atoms in total. The zero-order valence-electron chi connectivity index (χ0n) is 5.94. The fourth-order valence-corrected chi connectivity index (χ4v) is 0.736. The number of azide groups is 1. The van der Waals surface area contributed by atoms with Crippen molar-refractivity contribution in [3.8, 4) is 0 Å². The molecule has 56 valence electrons. The van der Waals surface area contributed by atoms with Crippen LogP contribution in [0.25, 0.3) is 10.4 Å². The van der Waals surface area contributed by atoms with Crippen LogP contribution in [-0.2, 0) is 6.54 Å². The van der Waals surface area contributed by atoms with Crippen molar-refractivity contribution in [2.24, 2.45) is 5.11 Å². The third kappa shape index (κ3) is 2.20. The zero-order chi connectivity index (χ0) is 8.10. The second kappa shape index (κ2) is 3.49. The van der Waals surface area contributed by atoms with Crippen molar-refractivity contribution in [2.45, 2.75) is 6.54 Å².